The minimum Gasteiger partial charge on any atom is -0.462 e. The van der Waals surface area contributed by atoms with E-state index in [0.29, 0.717) is 19.3 Å². The highest BCUT2D eigenvalue weighted by molar-refractivity contribution is 5.71. The van der Waals surface area contributed by atoms with Crippen molar-refractivity contribution in [2.24, 2.45) is 0 Å². The summed E-state index contributed by atoms with van der Waals surface area (Å²) in [4.78, 5) is 38.0. The normalized spacial score (nSPS) is 13.7. The summed E-state index contributed by atoms with van der Waals surface area (Å²) in [6.07, 6.45) is 84.2. The molecule has 0 aliphatic rings. The average molecular weight is 943 g/mol. The highest BCUT2D eigenvalue weighted by Gasteiger charge is 2.19. The molecule has 0 fully saturated rings. The second kappa shape index (κ2) is 54.9. The molecule has 0 saturated carbocycles. The van der Waals surface area contributed by atoms with Gasteiger partial charge in [-0.3, -0.25) is 14.4 Å². The van der Waals surface area contributed by atoms with Crippen molar-refractivity contribution in [1.29, 1.82) is 0 Å². The molecule has 0 heterocycles. The molecule has 0 aliphatic carbocycles. The van der Waals surface area contributed by atoms with E-state index in [1.165, 1.54) is 0 Å². The molecule has 0 aromatic rings. The van der Waals surface area contributed by atoms with Gasteiger partial charge in [0.25, 0.3) is 0 Å². The third-order valence-electron chi connectivity index (χ3n) is 9.74. The fourth-order valence-corrected chi connectivity index (χ4v) is 5.95. The monoisotopic (exact) mass is 943 g/mol. The fourth-order valence-electron chi connectivity index (χ4n) is 5.95. The second-order valence-corrected chi connectivity index (χ2v) is 16.1. The molecule has 0 amide bonds. The van der Waals surface area contributed by atoms with E-state index in [2.05, 4.69) is 154 Å². The number of esters is 3. The summed E-state index contributed by atoms with van der Waals surface area (Å²) in [5.41, 5.74) is 0. The zero-order chi connectivity index (χ0) is 50.0. The molecule has 6 heteroatoms. The Bertz CT molecular complexity index is 1750. The van der Waals surface area contributed by atoms with Gasteiger partial charge in [0.05, 0.1) is 0 Å². The number of rotatable bonds is 43. The van der Waals surface area contributed by atoms with Crippen LogP contribution in [-0.4, -0.2) is 37.2 Å². The van der Waals surface area contributed by atoms with Crippen molar-refractivity contribution < 1.29 is 28.6 Å². The summed E-state index contributed by atoms with van der Waals surface area (Å²) in [6.45, 7) is 6.09. The van der Waals surface area contributed by atoms with Gasteiger partial charge in [-0.2, -0.15) is 0 Å². The predicted octanol–water partition coefficient (Wildman–Crippen LogP) is 17.5. The maximum Gasteiger partial charge on any atom is 0.306 e. The van der Waals surface area contributed by atoms with Gasteiger partial charge in [-0.1, -0.05) is 222 Å². The lowest BCUT2D eigenvalue weighted by Gasteiger charge is -2.18. The molecule has 69 heavy (non-hydrogen) atoms. The summed E-state index contributed by atoms with van der Waals surface area (Å²) in [5, 5.41) is 0. The van der Waals surface area contributed by atoms with Crippen LogP contribution < -0.4 is 0 Å². The van der Waals surface area contributed by atoms with Crippen molar-refractivity contribution in [3.63, 3.8) is 0 Å². The fraction of sp³-hybridized carbons (Fsp3) is 0.444. The van der Waals surface area contributed by atoms with Crippen molar-refractivity contribution in [2.75, 3.05) is 13.2 Å². The van der Waals surface area contributed by atoms with E-state index in [1.807, 2.05) is 60.8 Å². The van der Waals surface area contributed by atoms with Crippen LogP contribution in [0.3, 0.4) is 0 Å². The van der Waals surface area contributed by atoms with Crippen LogP contribution in [0, 0.1) is 0 Å². The Labute approximate surface area is 420 Å². The van der Waals surface area contributed by atoms with E-state index in [1.54, 1.807) is 0 Å². The highest BCUT2D eigenvalue weighted by Crippen LogP contribution is 2.09. The van der Waals surface area contributed by atoms with Crippen LogP contribution >= 0.6 is 0 Å². The SMILES string of the molecule is CC\C=C/C=C\C=C/C=C\C=C\C=C/CCCCCC(=O)OCC(COC(=O)CCC/C=C\C/C=C\C/C=C\C/C=C\C/C=C\CC)OC(=O)CCC/C=C\C/C=C\C/C=C\C/C=C\C/C=C\CC. The predicted molar refractivity (Wildman–Crippen MR) is 297 cm³/mol. The summed E-state index contributed by atoms with van der Waals surface area (Å²) >= 11 is 0. The number of unbranched alkanes of at least 4 members (excludes halogenated alkanes) is 5. The molecular formula is C63H90O6. The summed E-state index contributed by atoms with van der Waals surface area (Å²) in [6, 6.07) is 0. The molecule has 1 unspecified atom stereocenters. The zero-order valence-electron chi connectivity index (χ0n) is 43.0. The quantitative estimate of drug-likeness (QED) is 0.0199. The van der Waals surface area contributed by atoms with Crippen molar-refractivity contribution >= 4 is 17.9 Å². The number of hydrogen-bond donors (Lipinski definition) is 0. The highest BCUT2D eigenvalue weighted by atomic mass is 16.6. The van der Waals surface area contributed by atoms with Gasteiger partial charge >= 0.3 is 17.9 Å². The Morgan fingerprint density at radius 1 is 0.304 bits per heavy atom. The number of carbonyl (C=O) groups excluding carboxylic acids is 3. The van der Waals surface area contributed by atoms with E-state index in [4.69, 9.17) is 14.2 Å². The summed E-state index contributed by atoms with van der Waals surface area (Å²) in [7, 11) is 0. The summed E-state index contributed by atoms with van der Waals surface area (Å²) in [5.74, 6) is -1.13. The molecule has 0 N–H and O–H groups in total. The smallest absolute Gasteiger partial charge is 0.306 e. The van der Waals surface area contributed by atoms with E-state index < -0.39 is 12.1 Å². The molecule has 378 valence electrons. The molecule has 6 nitrogen and oxygen atoms in total. The first kappa shape index (κ1) is 63.2. The Morgan fingerprint density at radius 2 is 0.609 bits per heavy atom. The van der Waals surface area contributed by atoms with Crippen LogP contribution in [-0.2, 0) is 28.6 Å². The maximum absolute atomic E-state index is 12.8. The van der Waals surface area contributed by atoms with Crippen LogP contribution in [0.1, 0.15) is 162 Å². The van der Waals surface area contributed by atoms with Gasteiger partial charge in [-0.15, -0.1) is 0 Å². The second-order valence-electron chi connectivity index (χ2n) is 16.1. The molecule has 0 rings (SSSR count). The minimum atomic E-state index is -0.862. The number of allylic oxidation sites excluding steroid dienone is 32. The van der Waals surface area contributed by atoms with Gasteiger partial charge in [-0.25, -0.2) is 0 Å². The van der Waals surface area contributed by atoms with Gasteiger partial charge < -0.3 is 14.2 Å². The first-order valence-electron chi connectivity index (χ1n) is 26.0. The standard InChI is InChI=1S/C63H90O6/c1-4-7-10-13-16-19-22-25-28-31-34-37-40-43-46-49-52-55-61(64)67-58-60(69-63(66)57-54-51-48-45-42-39-36-33-30-27-24-21-18-15-12-9-6-3)59-68-62(65)56-53-50-47-44-41-38-35-32-29-26-23-20-17-14-11-8-5-2/h7-13,16-22,25-31,34-40,44-45,47-48,60H,4-6,14-15,23-24,32-33,41-43,46,49-59H2,1-3H3/b10-7-,11-8-,12-9-,16-13-,20-17-,21-18-,22-19-,28-25-,29-26-,30-27-,34-31+,38-35-,39-36-,40-37-,47-44-,48-45-. The van der Waals surface area contributed by atoms with Gasteiger partial charge in [0.1, 0.15) is 13.2 Å². The van der Waals surface area contributed by atoms with Crippen molar-refractivity contribution in [3.05, 3.63) is 194 Å². The minimum absolute atomic E-state index is 0.154. The Balaban J connectivity index is 4.72. The topological polar surface area (TPSA) is 78.9 Å². The molecular weight excluding hydrogens is 853 g/mol. The van der Waals surface area contributed by atoms with Crippen LogP contribution in [0.4, 0.5) is 0 Å². The Kier molecular flexibility index (Phi) is 50.3. The molecule has 0 bridgehead atoms. The molecule has 0 saturated heterocycles. The van der Waals surface area contributed by atoms with E-state index in [0.717, 1.165) is 103 Å². The van der Waals surface area contributed by atoms with E-state index >= 15 is 0 Å². The van der Waals surface area contributed by atoms with Crippen LogP contribution in [0.25, 0.3) is 0 Å². The van der Waals surface area contributed by atoms with Gasteiger partial charge in [0.2, 0.25) is 0 Å². The zero-order valence-corrected chi connectivity index (χ0v) is 43.0. The van der Waals surface area contributed by atoms with Gasteiger partial charge in [0, 0.05) is 19.3 Å². The van der Waals surface area contributed by atoms with Crippen LogP contribution in [0.5, 0.6) is 0 Å². The first-order valence-corrected chi connectivity index (χ1v) is 26.0. The summed E-state index contributed by atoms with van der Waals surface area (Å²) < 4.78 is 16.7. The lowest BCUT2D eigenvalue weighted by atomic mass is 10.1. The van der Waals surface area contributed by atoms with Gasteiger partial charge in [0.15, 0.2) is 6.10 Å². The first-order chi connectivity index (χ1) is 34.0. The third-order valence-corrected chi connectivity index (χ3v) is 9.74. The van der Waals surface area contributed by atoms with E-state index in [-0.39, 0.29) is 44.4 Å². The lowest BCUT2D eigenvalue weighted by Crippen LogP contribution is -2.30. The van der Waals surface area contributed by atoms with Crippen molar-refractivity contribution in [3.8, 4) is 0 Å². The number of carbonyl (C=O) groups is 3. The largest absolute Gasteiger partial charge is 0.462 e. The molecule has 0 aliphatic heterocycles. The molecule has 0 spiro atoms. The Hall–Kier alpha value is -5.75. The lowest BCUT2D eigenvalue weighted by molar-refractivity contribution is -0.167. The van der Waals surface area contributed by atoms with Gasteiger partial charge in [-0.05, 0) is 116 Å². The molecule has 0 aromatic heterocycles. The van der Waals surface area contributed by atoms with Crippen LogP contribution in [0.15, 0.2) is 194 Å². The maximum atomic E-state index is 12.8. The van der Waals surface area contributed by atoms with Crippen molar-refractivity contribution in [2.45, 2.75) is 168 Å². The Morgan fingerprint density at radius 3 is 1.00 bits per heavy atom. The molecule has 0 aromatic carbocycles. The van der Waals surface area contributed by atoms with E-state index in [9.17, 15) is 14.4 Å². The number of hydrogen-bond acceptors (Lipinski definition) is 6. The average Bonchev–Trinajstić information content (AvgIpc) is 3.35. The number of ether oxygens (including phenoxy) is 3. The third kappa shape index (κ3) is 53.1. The van der Waals surface area contributed by atoms with Crippen LogP contribution in [0.2, 0.25) is 0 Å². The molecule has 1 atom stereocenters. The van der Waals surface area contributed by atoms with Crippen molar-refractivity contribution in [1.82, 2.24) is 0 Å². The molecule has 0 radical (unpaired) electrons.